The lowest BCUT2D eigenvalue weighted by molar-refractivity contribution is -0.162. The highest BCUT2D eigenvalue weighted by Crippen LogP contribution is 2.28. The maximum Gasteiger partial charge on any atom is 0.409 e. The van der Waals surface area contributed by atoms with Gasteiger partial charge in [-0.1, -0.05) is 26.7 Å². The van der Waals surface area contributed by atoms with Crippen molar-refractivity contribution in [1.29, 1.82) is 0 Å². The van der Waals surface area contributed by atoms with E-state index in [9.17, 15) is 19.8 Å². The lowest BCUT2D eigenvalue weighted by Crippen LogP contribution is -2.47. The van der Waals surface area contributed by atoms with E-state index in [4.69, 9.17) is 9.47 Å². The number of esters is 1. The van der Waals surface area contributed by atoms with Crippen LogP contribution < -0.4 is 0 Å². The third kappa shape index (κ3) is 5.94. The number of amides is 1. The minimum absolute atomic E-state index is 0.0506. The molecule has 3 unspecified atom stereocenters. The van der Waals surface area contributed by atoms with Crippen molar-refractivity contribution in [2.75, 3.05) is 13.8 Å². The highest BCUT2D eigenvalue weighted by atomic mass is 16.6. The summed E-state index contributed by atoms with van der Waals surface area (Å²) < 4.78 is 10.3. The molecule has 4 atom stereocenters. The normalized spacial score (nSPS) is 28.7. The Labute approximate surface area is 143 Å². The van der Waals surface area contributed by atoms with Crippen LogP contribution in [0.3, 0.4) is 0 Å². The Hall–Kier alpha value is -1.34. The minimum Gasteiger partial charge on any atom is -0.465 e. The number of ether oxygens (including phenoxy) is 2. The molecule has 1 heterocycles. The average molecular weight is 345 g/mol. The van der Waals surface area contributed by atoms with Crippen molar-refractivity contribution >= 4 is 12.1 Å². The largest absolute Gasteiger partial charge is 0.465 e. The summed E-state index contributed by atoms with van der Waals surface area (Å²) in [6.45, 7) is 5.74. The van der Waals surface area contributed by atoms with Gasteiger partial charge in [0.15, 0.2) is 0 Å². The predicted molar refractivity (Wildman–Crippen MR) is 88.5 cm³/mol. The predicted octanol–water partition coefficient (Wildman–Crippen LogP) is 2.47. The molecule has 0 aliphatic carbocycles. The van der Waals surface area contributed by atoms with Crippen LogP contribution in [0.25, 0.3) is 0 Å². The van der Waals surface area contributed by atoms with Crippen LogP contribution in [-0.4, -0.2) is 59.3 Å². The fourth-order valence-electron chi connectivity index (χ4n) is 3.14. The van der Waals surface area contributed by atoms with E-state index in [2.05, 4.69) is 13.8 Å². The van der Waals surface area contributed by atoms with Crippen molar-refractivity contribution in [1.82, 2.24) is 4.90 Å². The number of rotatable bonds is 6. The van der Waals surface area contributed by atoms with Gasteiger partial charge in [-0.25, -0.2) is 9.59 Å². The number of methoxy groups -OCH3 is 1. The van der Waals surface area contributed by atoms with Gasteiger partial charge < -0.3 is 19.7 Å². The molecule has 0 aromatic heterocycles. The van der Waals surface area contributed by atoms with Gasteiger partial charge in [-0.05, 0) is 38.0 Å². The standard InChI is InChI=1S/C17H31NO6/c1-11(2)8-9-13-6-5-7-14(18(10-23-4)17(21)22)16(20)24-12(3)15(13)19/h11-15,19H,5-10H2,1-4H3,(H,21,22)/t12?,13?,14-,15?/m0/s1. The fraction of sp³-hybridized carbons (Fsp3) is 0.882. The summed E-state index contributed by atoms with van der Waals surface area (Å²) in [7, 11) is 1.38. The number of nitrogens with zero attached hydrogens (tertiary/aromatic N) is 1. The lowest BCUT2D eigenvalue weighted by Gasteiger charge is -2.28. The van der Waals surface area contributed by atoms with Crippen LogP contribution in [0.5, 0.6) is 0 Å². The molecule has 24 heavy (non-hydrogen) atoms. The molecule has 0 saturated carbocycles. The van der Waals surface area contributed by atoms with Crippen molar-refractivity contribution in [2.45, 2.75) is 71.1 Å². The third-order valence-corrected chi connectivity index (χ3v) is 4.60. The molecule has 0 radical (unpaired) electrons. The quantitative estimate of drug-likeness (QED) is 0.567. The zero-order valence-corrected chi connectivity index (χ0v) is 15.1. The first-order chi connectivity index (χ1) is 11.3. The Morgan fingerprint density at radius 3 is 2.62 bits per heavy atom. The Kier molecular flexibility index (Phi) is 8.48. The third-order valence-electron chi connectivity index (χ3n) is 4.60. The Morgan fingerprint density at radius 1 is 1.42 bits per heavy atom. The first kappa shape index (κ1) is 20.7. The van der Waals surface area contributed by atoms with Crippen molar-refractivity contribution in [3.8, 4) is 0 Å². The SMILES string of the molecule is COCN(C(=O)O)[C@H]1CCCC(CCC(C)C)C(O)C(C)OC1=O. The van der Waals surface area contributed by atoms with Crippen LogP contribution in [0.2, 0.25) is 0 Å². The highest BCUT2D eigenvalue weighted by molar-refractivity contribution is 5.80. The fourth-order valence-corrected chi connectivity index (χ4v) is 3.14. The molecule has 1 saturated heterocycles. The van der Waals surface area contributed by atoms with Gasteiger partial charge >= 0.3 is 12.1 Å². The molecule has 1 amide bonds. The van der Waals surface area contributed by atoms with Crippen LogP contribution in [0.4, 0.5) is 4.79 Å². The van der Waals surface area contributed by atoms with E-state index < -0.39 is 30.3 Å². The molecular weight excluding hydrogens is 314 g/mol. The summed E-state index contributed by atoms with van der Waals surface area (Å²) in [4.78, 5) is 24.7. The van der Waals surface area contributed by atoms with Crippen LogP contribution in [0.1, 0.15) is 52.9 Å². The van der Waals surface area contributed by atoms with Crippen molar-refractivity contribution in [3.63, 3.8) is 0 Å². The van der Waals surface area contributed by atoms with E-state index in [0.717, 1.165) is 24.2 Å². The minimum atomic E-state index is -1.22. The van der Waals surface area contributed by atoms with Gasteiger partial charge in [0, 0.05) is 7.11 Å². The molecular formula is C17H31NO6. The molecule has 1 aliphatic heterocycles. The van der Waals surface area contributed by atoms with E-state index in [1.807, 2.05) is 0 Å². The second-order valence-corrected chi connectivity index (χ2v) is 6.98. The van der Waals surface area contributed by atoms with Gasteiger partial charge in [-0.2, -0.15) is 0 Å². The zero-order valence-electron chi connectivity index (χ0n) is 15.1. The van der Waals surface area contributed by atoms with Crippen molar-refractivity contribution in [2.24, 2.45) is 11.8 Å². The molecule has 0 bridgehead atoms. The summed E-state index contributed by atoms with van der Waals surface area (Å²) in [5, 5.41) is 19.8. The first-order valence-electron chi connectivity index (χ1n) is 8.65. The average Bonchev–Trinajstić information content (AvgIpc) is 2.55. The van der Waals surface area contributed by atoms with Gasteiger partial charge in [0.1, 0.15) is 18.9 Å². The number of aliphatic hydroxyl groups is 1. The van der Waals surface area contributed by atoms with Crippen molar-refractivity contribution < 1.29 is 29.3 Å². The van der Waals surface area contributed by atoms with Crippen LogP contribution in [0, 0.1) is 11.8 Å². The van der Waals surface area contributed by atoms with Gasteiger partial charge in [-0.3, -0.25) is 4.90 Å². The Balaban J connectivity index is 2.87. The highest BCUT2D eigenvalue weighted by Gasteiger charge is 2.36. The van der Waals surface area contributed by atoms with E-state index in [-0.39, 0.29) is 12.6 Å². The summed E-state index contributed by atoms with van der Waals surface area (Å²) >= 11 is 0. The molecule has 0 aromatic rings. The summed E-state index contributed by atoms with van der Waals surface area (Å²) in [6.07, 6.45) is 1.02. The Morgan fingerprint density at radius 2 is 2.08 bits per heavy atom. The molecule has 0 spiro atoms. The smallest absolute Gasteiger partial charge is 0.409 e. The summed E-state index contributed by atoms with van der Waals surface area (Å²) in [5.74, 6) is -0.0280. The van der Waals surface area contributed by atoms with Crippen LogP contribution >= 0.6 is 0 Å². The number of carboxylic acid groups (broad SMARTS) is 1. The second-order valence-electron chi connectivity index (χ2n) is 6.98. The molecule has 7 heteroatoms. The van der Waals surface area contributed by atoms with E-state index in [1.54, 1.807) is 6.92 Å². The molecule has 2 N–H and O–H groups in total. The topological polar surface area (TPSA) is 96.3 Å². The molecule has 1 fully saturated rings. The van der Waals surface area contributed by atoms with Gasteiger partial charge in [0.05, 0.1) is 6.10 Å². The Bertz CT molecular complexity index is 414. The zero-order chi connectivity index (χ0) is 18.3. The maximum absolute atomic E-state index is 12.4. The van der Waals surface area contributed by atoms with Gasteiger partial charge in [-0.15, -0.1) is 0 Å². The number of carbonyl (C=O) groups is 2. The van der Waals surface area contributed by atoms with E-state index in [1.165, 1.54) is 7.11 Å². The number of aliphatic hydroxyl groups excluding tert-OH is 1. The second kappa shape index (κ2) is 9.84. The van der Waals surface area contributed by atoms with Crippen LogP contribution in [0.15, 0.2) is 0 Å². The molecule has 0 aromatic carbocycles. The van der Waals surface area contributed by atoms with E-state index in [0.29, 0.717) is 18.8 Å². The summed E-state index contributed by atoms with van der Waals surface area (Å²) in [5.41, 5.74) is 0. The molecule has 140 valence electrons. The van der Waals surface area contributed by atoms with Crippen molar-refractivity contribution in [3.05, 3.63) is 0 Å². The van der Waals surface area contributed by atoms with Gasteiger partial charge in [0.2, 0.25) is 0 Å². The van der Waals surface area contributed by atoms with E-state index >= 15 is 0 Å². The number of hydrogen-bond donors (Lipinski definition) is 2. The van der Waals surface area contributed by atoms with Crippen LogP contribution in [-0.2, 0) is 14.3 Å². The summed E-state index contributed by atoms with van der Waals surface area (Å²) in [6, 6.07) is -0.902. The lowest BCUT2D eigenvalue weighted by atomic mass is 9.86. The molecule has 1 rings (SSSR count). The maximum atomic E-state index is 12.4. The number of cyclic esters (lactones) is 1. The first-order valence-corrected chi connectivity index (χ1v) is 8.65. The monoisotopic (exact) mass is 345 g/mol. The molecule has 7 nitrogen and oxygen atoms in total. The molecule has 1 aliphatic rings. The number of hydrogen-bond acceptors (Lipinski definition) is 5. The number of carbonyl (C=O) groups excluding carboxylic acids is 1. The van der Waals surface area contributed by atoms with Gasteiger partial charge in [0.25, 0.3) is 0 Å².